The zero-order chi connectivity index (χ0) is 19.2. The van der Waals surface area contributed by atoms with E-state index in [9.17, 15) is 4.39 Å². The Hall–Kier alpha value is -3.05. The molecule has 0 atom stereocenters. The first kappa shape index (κ1) is 18.7. The third kappa shape index (κ3) is 4.77. The molecular weight excluding hydrogens is 335 g/mol. The number of rotatable bonds is 4. The van der Waals surface area contributed by atoms with Crippen LogP contribution in [0.25, 0.3) is 11.1 Å². The Bertz CT molecular complexity index is 951. The number of hydrogen-bond donors (Lipinski definition) is 0. The Morgan fingerprint density at radius 3 is 2.19 bits per heavy atom. The van der Waals surface area contributed by atoms with Gasteiger partial charge >= 0.3 is 0 Å². The summed E-state index contributed by atoms with van der Waals surface area (Å²) in [6.45, 7) is 6.70. The summed E-state index contributed by atoms with van der Waals surface area (Å²) in [7, 11) is 0. The minimum atomic E-state index is -0.291. The topological polar surface area (TPSA) is 9.23 Å². The van der Waals surface area contributed by atoms with E-state index in [0.717, 1.165) is 34.4 Å². The van der Waals surface area contributed by atoms with Crippen molar-refractivity contribution in [3.63, 3.8) is 0 Å². The Morgan fingerprint density at radius 2 is 1.56 bits per heavy atom. The molecule has 3 aromatic rings. The van der Waals surface area contributed by atoms with Crippen molar-refractivity contribution in [2.24, 2.45) is 0 Å². The zero-order valence-corrected chi connectivity index (χ0v) is 16.0. The van der Waals surface area contributed by atoms with Gasteiger partial charge in [-0.1, -0.05) is 48.6 Å². The highest BCUT2D eigenvalue weighted by atomic mass is 19.1. The molecule has 0 unspecified atom stereocenters. The quantitative estimate of drug-likeness (QED) is 0.497. The highest BCUT2D eigenvalue weighted by Crippen LogP contribution is 2.25. The molecule has 0 aliphatic rings. The van der Waals surface area contributed by atoms with Crippen molar-refractivity contribution in [1.29, 1.82) is 0 Å². The van der Waals surface area contributed by atoms with Crippen molar-refractivity contribution >= 4 is 0 Å². The zero-order valence-electron chi connectivity index (χ0n) is 16.0. The maximum absolute atomic E-state index is 14.7. The van der Waals surface area contributed by atoms with Gasteiger partial charge in [-0.3, -0.25) is 0 Å². The first-order chi connectivity index (χ1) is 13.1. The van der Waals surface area contributed by atoms with E-state index in [1.807, 2.05) is 68.4 Å². The lowest BCUT2D eigenvalue weighted by Gasteiger charge is -2.07. The Balaban J connectivity index is 1.84. The van der Waals surface area contributed by atoms with Gasteiger partial charge in [0, 0.05) is 5.56 Å². The van der Waals surface area contributed by atoms with Gasteiger partial charge in [-0.25, -0.2) is 4.39 Å². The molecule has 3 rings (SSSR count). The molecule has 0 fully saturated rings. The highest BCUT2D eigenvalue weighted by molar-refractivity contribution is 5.66. The molecule has 136 valence electrons. The maximum Gasteiger partial charge on any atom is 0.139 e. The van der Waals surface area contributed by atoms with Crippen LogP contribution in [0.1, 0.15) is 35.6 Å². The van der Waals surface area contributed by atoms with Crippen LogP contribution in [0.5, 0.6) is 5.75 Å². The molecule has 0 aromatic heterocycles. The van der Waals surface area contributed by atoms with Gasteiger partial charge in [0.25, 0.3) is 0 Å². The second-order valence-corrected chi connectivity index (χ2v) is 6.64. The van der Waals surface area contributed by atoms with Crippen LogP contribution in [0.2, 0.25) is 0 Å². The van der Waals surface area contributed by atoms with Crippen molar-refractivity contribution in [1.82, 2.24) is 0 Å². The van der Waals surface area contributed by atoms with E-state index in [1.54, 1.807) is 6.07 Å². The fraction of sp³-hybridized carbons (Fsp3) is 0.200. The molecular formula is C25H23FO. The van der Waals surface area contributed by atoms with Crippen LogP contribution in [0.4, 0.5) is 4.39 Å². The van der Waals surface area contributed by atoms with E-state index < -0.39 is 0 Å². The van der Waals surface area contributed by atoms with Crippen molar-refractivity contribution in [2.45, 2.75) is 27.2 Å². The molecule has 1 nitrogen and oxygen atoms in total. The third-order valence-electron chi connectivity index (χ3n) is 4.33. The lowest BCUT2D eigenvalue weighted by Crippen LogP contribution is -1.94. The van der Waals surface area contributed by atoms with E-state index in [4.69, 9.17) is 4.74 Å². The van der Waals surface area contributed by atoms with Gasteiger partial charge in [-0.15, -0.1) is 0 Å². The minimum absolute atomic E-state index is 0.291. The largest absolute Gasteiger partial charge is 0.494 e. The van der Waals surface area contributed by atoms with Crippen LogP contribution in [-0.4, -0.2) is 6.61 Å². The molecule has 0 bridgehead atoms. The number of benzene rings is 3. The molecule has 0 aliphatic carbocycles. The smallest absolute Gasteiger partial charge is 0.139 e. The molecule has 0 amide bonds. The highest BCUT2D eigenvalue weighted by Gasteiger charge is 2.08. The molecule has 0 heterocycles. The SMILES string of the molecule is CCCOc1ccc(C#Cc2c(C)cc(-c3ccc(C)cc3)cc2F)cc1. The van der Waals surface area contributed by atoms with Gasteiger partial charge in [-0.05, 0) is 73.4 Å². The summed E-state index contributed by atoms with van der Waals surface area (Å²) in [5.41, 5.74) is 5.17. The Morgan fingerprint density at radius 1 is 0.852 bits per heavy atom. The summed E-state index contributed by atoms with van der Waals surface area (Å²) in [5.74, 6) is 6.56. The van der Waals surface area contributed by atoms with Gasteiger partial charge in [0.05, 0.1) is 12.2 Å². The van der Waals surface area contributed by atoms with Crippen LogP contribution in [0.3, 0.4) is 0 Å². The van der Waals surface area contributed by atoms with Gasteiger partial charge < -0.3 is 4.74 Å². The van der Waals surface area contributed by atoms with Gasteiger partial charge in [-0.2, -0.15) is 0 Å². The fourth-order valence-corrected chi connectivity index (χ4v) is 2.80. The van der Waals surface area contributed by atoms with Gasteiger partial charge in [0.1, 0.15) is 11.6 Å². The van der Waals surface area contributed by atoms with Crippen molar-refractivity contribution < 1.29 is 9.13 Å². The van der Waals surface area contributed by atoms with E-state index in [1.165, 1.54) is 5.56 Å². The molecule has 0 aliphatic heterocycles. The molecule has 3 aromatic carbocycles. The first-order valence-corrected chi connectivity index (χ1v) is 9.19. The molecule has 0 N–H and O–H groups in total. The van der Waals surface area contributed by atoms with Crippen molar-refractivity contribution in [3.8, 4) is 28.7 Å². The normalized spacial score (nSPS) is 10.2. The lowest BCUT2D eigenvalue weighted by atomic mass is 9.98. The number of halogens is 1. The number of ether oxygens (including phenoxy) is 1. The van der Waals surface area contributed by atoms with Crippen molar-refractivity contribution in [3.05, 3.63) is 88.7 Å². The van der Waals surface area contributed by atoms with E-state index in [0.29, 0.717) is 12.2 Å². The Kier molecular flexibility index (Phi) is 5.94. The summed E-state index contributed by atoms with van der Waals surface area (Å²) in [4.78, 5) is 0. The molecule has 0 spiro atoms. The van der Waals surface area contributed by atoms with Crippen LogP contribution in [0, 0.1) is 31.5 Å². The van der Waals surface area contributed by atoms with E-state index >= 15 is 0 Å². The average molecular weight is 358 g/mol. The lowest BCUT2D eigenvalue weighted by molar-refractivity contribution is 0.317. The average Bonchev–Trinajstić information content (AvgIpc) is 2.67. The number of hydrogen-bond acceptors (Lipinski definition) is 1. The van der Waals surface area contributed by atoms with Crippen LogP contribution in [-0.2, 0) is 0 Å². The molecule has 0 saturated heterocycles. The van der Waals surface area contributed by atoms with Crippen LogP contribution >= 0.6 is 0 Å². The summed E-state index contributed by atoms with van der Waals surface area (Å²) >= 11 is 0. The summed E-state index contributed by atoms with van der Waals surface area (Å²) in [6.07, 6.45) is 0.971. The predicted octanol–water partition coefficient (Wildman–Crippen LogP) is 6.30. The summed E-state index contributed by atoms with van der Waals surface area (Å²) < 4.78 is 20.2. The van der Waals surface area contributed by atoms with Gasteiger partial charge in [0.15, 0.2) is 0 Å². The van der Waals surface area contributed by atoms with E-state index in [-0.39, 0.29) is 5.82 Å². The first-order valence-electron chi connectivity index (χ1n) is 9.19. The summed E-state index contributed by atoms with van der Waals surface area (Å²) in [5, 5.41) is 0. The fourth-order valence-electron chi connectivity index (χ4n) is 2.80. The van der Waals surface area contributed by atoms with Gasteiger partial charge in [0.2, 0.25) is 0 Å². The van der Waals surface area contributed by atoms with Crippen LogP contribution in [0.15, 0.2) is 60.7 Å². The molecule has 2 heteroatoms. The third-order valence-corrected chi connectivity index (χ3v) is 4.33. The molecule has 0 saturated carbocycles. The maximum atomic E-state index is 14.7. The molecule has 0 radical (unpaired) electrons. The second kappa shape index (κ2) is 8.56. The second-order valence-electron chi connectivity index (χ2n) is 6.64. The monoisotopic (exact) mass is 358 g/mol. The van der Waals surface area contributed by atoms with Crippen LogP contribution < -0.4 is 4.74 Å². The minimum Gasteiger partial charge on any atom is -0.494 e. The van der Waals surface area contributed by atoms with Crippen molar-refractivity contribution in [2.75, 3.05) is 6.61 Å². The standard InChI is InChI=1S/C25H23FO/c1-4-15-27-23-12-7-20(8-13-23)9-14-24-19(3)16-22(17-25(24)26)21-10-5-18(2)6-11-21/h5-8,10-13,16-17H,4,15H2,1-3H3. The van der Waals surface area contributed by atoms with E-state index in [2.05, 4.69) is 18.8 Å². The Labute approximate surface area is 160 Å². The molecule has 27 heavy (non-hydrogen) atoms. The predicted molar refractivity (Wildman–Crippen MR) is 110 cm³/mol. The summed E-state index contributed by atoms with van der Waals surface area (Å²) in [6, 6.07) is 19.2. The number of aryl methyl sites for hydroxylation is 2.